The molecule has 0 spiro atoms. The number of methoxy groups -OCH3 is 2. The summed E-state index contributed by atoms with van der Waals surface area (Å²) in [7, 11) is 3.24. The Morgan fingerprint density at radius 1 is 0.926 bits per heavy atom. The molecule has 0 aromatic heterocycles. The first-order chi connectivity index (χ1) is 13.0. The summed E-state index contributed by atoms with van der Waals surface area (Å²) in [6.07, 6.45) is 0.786. The SMILES string of the molecule is COc1ccc(CCNC(=S)NNC(=S)Nc2cccc(C)c2)cc1OC. The van der Waals surface area contributed by atoms with E-state index in [1.165, 1.54) is 0 Å². The van der Waals surface area contributed by atoms with Crippen LogP contribution in [0.15, 0.2) is 42.5 Å². The zero-order valence-electron chi connectivity index (χ0n) is 15.6. The van der Waals surface area contributed by atoms with Crippen molar-refractivity contribution in [1.29, 1.82) is 0 Å². The molecule has 2 rings (SSSR count). The zero-order valence-corrected chi connectivity index (χ0v) is 17.2. The standard InChI is InChI=1S/C19H24N4O2S2/c1-13-5-4-6-15(11-13)21-19(27)23-22-18(26)20-10-9-14-7-8-16(24-2)17(12-14)25-3/h4-8,11-12H,9-10H2,1-3H3,(H2,20,22,26)(H2,21,23,27). The highest BCUT2D eigenvalue weighted by molar-refractivity contribution is 7.80. The van der Waals surface area contributed by atoms with Crippen LogP contribution in [0.5, 0.6) is 11.5 Å². The lowest BCUT2D eigenvalue weighted by molar-refractivity contribution is 0.354. The molecule has 0 aliphatic carbocycles. The first kappa shape index (κ1) is 20.7. The van der Waals surface area contributed by atoms with Crippen LogP contribution in [0.2, 0.25) is 0 Å². The molecule has 27 heavy (non-hydrogen) atoms. The van der Waals surface area contributed by atoms with Gasteiger partial charge in [0, 0.05) is 12.2 Å². The van der Waals surface area contributed by atoms with Crippen molar-refractivity contribution in [1.82, 2.24) is 16.2 Å². The number of nitrogens with one attached hydrogen (secondary N) is 4. The lowest BCUT2D eigenvalue weighted by Gasteiger charge is -2.15. The molecule has 0 aliphatic heterocycles. The molecule has 0 radical (unpaired) electrons. The minimum Gasteiger partial charge on any atom is -0.493 e. The summed E-state index contributed by atoms with van der Waals surface area (Å²) in [6.45, 7) is 2.69. The fraction of sp³-hybridized carbons (Fsp3) is 0.263. The molecule has 0 atom stereocenters. The van der Waals surface area contributed by atoms with Gasteiger partial charge in [-0.2, -0.15) is 0 Å². The summed E-state index contributed by atoms with van der Waals surface area (Å²) in [6, 6.07) is 13.8. The summed E-state index contributed by atoms with van der Waals surface area (Å²) >= 11 is 10.5. The van der Waals surface area contributed by atoms with E-state index < -0.39 is 0 Å². The third-order valence-electron chi connectivity index (χ3n) is 3.71. The van der Waals surface area contributed by atoms with Crippen molar-refractivity contribution in [2.24, 2.45) is 0 Å². The van der Waals surface area contributed by atoms with Gasteiger partial charge in [0.05, 0.1) is 14.2 Å². The highest BCUT2D eigenvalue weighted by Crippen LogP contribution is 2.27. The second-order valence-corrected chi connectivity index (χ2v) is 6.59. The molecule has 0 unspecified atom stereocenters. The van der Waals surface area contributed by atoms with Gasteiger partial charge in [-0.1, -0.05) is 18.2 Å². The third kappa shape index (κ3) is 6.92. The maximum absolute atomic E-state index is 5.31. The van der Waals surface area contributed by atoms with Gasteiger partial charge in [-0.25, -0.2) is 0 Å². The van der Waals surface area contributed by atoms with Gasteiger partial charge in [-0.05, 0) is 73.2 Å². The minimum absolute atomic E-state index is 0.435. The Hall–Kier alpha value is -2.58. The van der Waals surface area contributed by atoms with E-state index in [0.717, 1.165) is 23.2 Å². The second-order valence-electron chi connectivity index (χ2n) is 5.77. The van der Waals surface area contributed by atoms with E-state index >= 15 is 0 Å². The summed E-state index contributed by atoms with van der Waals surface area (Å²) in [5, 5.41) is 7.11. The zero-order chi connectivity index (χ0) is 19.6. The average molecular weight is 405 g/mol. The number of hydrogen-bond acceptors (Lipinski definition) is 4. The lowest BCUT2D eigenvalue weighted by atomic mass is 10.1. The molecule has 144 valence electrons. The van der Waals surface area contributed by atoms with Gasteiger partial charge in [-0.3, -0.25) is 10.9 Å². The number of aryl methyl sites for hydroxylation is 1. The third-order valence-corrected chi connectivity index (χ3v) is 4.16. The Bertz CT molecular complexity index is 799. The molecule has 0 heterocycles. The van der Waals surface area contributed by atoms with Crippen LogP contribution >= 0.6 is 24.4 Å². The van der Waals surface area contributed by atoms with Gasteiger partial charge in [0.2, 0.25) is 0 Å². The Labute approximate surface area is 170 Å². The fourth-order valence-corrected chi connectivity index (χ4v) is 2.72. The van der Waals surface area contributed by atoms with E-state index in [1.54, 1.807) is 14.2 Å². The van der Waals surface area contributed by atoms with Gasteiger partial charge in [0.25, 0.3) is 0 Å². The van der Waals surface area contributed by atoms with Gasteiger partial charge >= 0.3 is 0 Å². The number of benzene rings is 2. The molecule has 0 saturated heterocycles. The molecule has 0 saturated carbocycles. The van der Waals surface area contributed by atoms with Crippen LogP contribution in [0, 0.1) is 6.92 Å². The summed E-state index contributed by atoms with van der Waals surface area (Å²) in [5.41, 5.74) is 8.92. The van der Waals surface area contributed by atoms with E-state index in [-0.39, 0.29) is 0 Å². The monoisotopic (exact) mass is 404 g/mol. The van der Waals surface area contributed by atoms with Gasteiger partial charge in [-0.15, -0.1) is 0 Å². The highest BCUT2D eigenvalue weighted by Gasteiger charge is 2.05. The van der Waals surface area contributed by atoms with E-state index in [1.807, 2.05) is 49.4 Å². The maximum Gasteiger partial charge on any atom is 0.189 e. The average Bonchev–Trinajstić information content (AvgIpc) is 2.66. The normalized spacial score (nSPS) is 9.89. The number of anilines is 1. The molecule has 6 nitrogen and oxygen atoms in total. The molecule has 2 aromatic carbocycles. The number of hydrogen-bond donors (Lipinski definition) is 4. The van der Waals surface area contributed by atoms with E-state index in [0.29, 0.717) is 28.3 Å². The van der Waals surface area contributed by atoms with Crippen LogP contribution in [-0.4, -0.2) is 31.0 Å². The molecule has 0 aliphatic rings. The lowest BCUT2D eigenvalue weighted by Crippen LogP contribution is -2.48. The molecular weight excluding hydrogens is 380 g/mol. The Morgan fingerprint density at radius 3 is 2.37 bits per heavy atom. The number of ether oxygens (including phenoxy) is 2. The van der Waals surface area contributed by atoms with Crippen molar-refractivity contribution in [2.45, 2.75) is 13.3 Å². The first-order valence-corrected chi connectivity index (χ1v) is 9.22. The maximum atomic E-state index is 5.31. The van der Waals surface area contributed by atoms with Crippen molar-refractivity contribution >= 4 is 40.3 Å². The van der Waals surface area contributed by atoms with Crippen molar-refractivity contribution < 1.29 is 9.47 Å². The van der Waals surface area contributed by atoms with Gasteiger partial charge in [0.15, 0.2) is 21.7 Å². The smallest absolute Gasteiger partial charge is 0.189 e. The topological polar surface area (TPSA) is 66.6 Å². The van der Waals surface area contributed by atoms with Crippen LogP contribution in [0.1, 0.15) is 11.1 Å². The molecule has 0 amide bonds. The van der Waals surface area contributed by atoms with E-state index in [4.69, 9.17) is 33.9 Å². The molecule has 4 N–H and O–H groups in total. The van der Waals surface area contributed by atoms with Crippen LogP contribution < -0.4 is 31.0 Å². The predicted octanol–water partition coefficient (Wildman–Crippen LogP) is 2.92. The van der Waals surface area contributed by atoms with Crippen LogP contribution in [-0.2, 0) is 6.42 Å². The quantitative estimate of drug-likeness (QED) is 0.433. The Kier molecular flexibility index (Phi) is 8.09. The number of hydrazine groups is 1. The molecular formula is C19H24N4O2S2. The van der Waals surface area contributed by atoms with Gasteiger partial charge < -0.3 is 20.1 Å². The van der Waals surface area contributed by atoms with E-state index in [2.05, 4.69) is 21.5 Å². The summed E-state index contributed by atoms with van der Waals surface area (Å²) in [4.78, 5) is 0. The summed E-state index contributed by atoms with van der Waals surface area (Å²) in [5.74, 6) is 1.43. The second kappa shape index (κ2) is 10.5. The van der Waals surface area contributed by atoms with Crippen molar-refractivity contribution in [3.05, 3.63) is 53.6 Å². The minimum atomic E-state index is 0.435. The summed E-state index contributed by atoms with van der Waals surface area (Å²) < 4.78 is 10.6. The van der Waals surface area contributed by atoms with Crippen molar-refractivity contribution in [3.8, 4) is 11.5 Å². The van der Waals surface area contributed by atoms with Crippen LogP contribution in [0.3, 0.4) is 0 Å². The fourth-order valence-electron chi connectivity index (χ4n) is 2.40. The Balaban J connectivity index is 1.71. The van der Waals surface area contributed by atoms with Gasteiger partial charge in [0.1, 0.15) is 0 Å². The number of rotatable bonds is 6. The first-order valence-electron chi connectivity index (χ1n) is 8.40. The largest absolute Gasteiger partial charge is 0.493 e. The molecule has 0 fully saturated rings. The van der Waals surface area contributed by atoms with Crippen LogP contribution in [0.4, 0.5) is 5.69 Å². The van der Waals surface area contributed by atoms with Crippen LogP contribution in [0.25, 0.3) is 0 Å². The number of thiocarbonyl (C=S) groups is 2. The van der Waals surface area contributed by atoms with Crippen molar-refractivity contribution in [2.75, 3.05) is 26.1 Å². The molecule has 0 bridgehead atoms. The Morgan fingerprint density at radius 2 is 1.67 bits per heavy atom. The predicted molar refractivity (Wildman–Crippen MR) is 118 cm³/mol. The van der Waals surface area contributed by atoms with Crippen molar-refractivity contribution in [3.63, 3.8) is 0 Å². The molecule has 2 aromatic rings. The molecule has 8 heteroatoms. The van der Waals surface area contributed by atoms with E-state index in [9.17, 15) is 0 Å². The highest BCUT2D eigenvalue weighted by atomic mass is 32.1.